The minimum absolute atomic E-state index is 0.778. The molecule has 31 heavy (non-hydrogen) atoms. The summed E-state index contributed by atoms with van der Waals surface area (Å²) in [5, 5.41) is 5.74. The summed E-state index contributed by atoms with van der Waals surface area (Å²) in [5.41, 5.74) is 9.27. The van der Waals surface area contributed by atoms with Crippen LogP contribution >= 0.6 is 33.9 Å². The van der Waals surface area contributed by atoms with E-state index in [0.717, 1.165) is 40.3 Å². The lowest BCUT2D eigenvalue weighted by Gasteiger charge is -2.11. The van der Waals surface area contributed by atoms with Crippen molar-refractivity contribution in [3.63, 3.8) is 0 Å². The summed E-state index contributed by atoms with van der Waals surface area (Å²) in [6.45, 7) is 6.21. The second-order valence-electron chi connectivity index (χ2n) is 8.02. The summed E-state index contributed by atoms with van der Waals surface area (Å²) >= 11 is 4.15. The molecule has 0 amide bonds. The molecule has 4 aromatic rings. The first-order valence-corrected chi connectivity index (χ1v) is 12.4. The van der Waals surface area contributed by atoms with Gasteiger partial charge < -0.3 is 4.57 Å². The van der Waals surface area contributed by atoms with E-state index in [4.69, 9.17) is 0 Å². The quantitative estimate of drug-likeness (QED) is 0.187. The van der Waals surface area contributed by atoms with Crippen molar-refractivity contribution in [3.05, 3.63) is 67.1 Å². The number of thiophene rings is 1. The molecule has 0 spiro atoms. The van der Waals surface area contributed by atoms with E-state index < -0.39 is 0 Å². The minimum Gasteiger partial charge on any atom is -0.318 e. The zero-order valence-electron chi connectivity index (χ0n) is 17.9. The van der Waals surface area contributed by atoms with E-state index >= 15 is 0 Å². The van der Waals surface area contributed by atoms with Crippen LogP contribution in [0, 0.1) is 24.3 Å². The van der Waals surface area contributed by atoms with Crippen LogP contribution in [0.1, 0.15) is 46.1 Å². The van der Waals surface area contributed by atoms with Crippen LogP contribution in [0.4, 0.5) is 5.82 Å². The number of nitrogens with zero attached hydrogens (tertiary/aromatic N) is 4. The van der Waals surface area contributed by atoms with Crippen molar-refractivity contribution in [3.8, 4) is 5.69 Å². The van der Waals surface area contributed by atoms with Crippen molar-refractivity contribution in [2.24, 2.45) is 5.10 Å². The Hall–Kier alpha value is -2.26. The number of fused-ring (bicyclic) bond motifs is 3. The molecule has 1 aliphatic rings. The van der Waals surface area contributed by atoms with Crippen molar-refractivity contribution in [2.45, 2.75) is 46.5 Å². The highest BCUT2D eigenvalue weighted by Crippen LogP contribution is 2.38. The number of aromatic nitrogens is 3. The van der Waals surface area contributed by atoms with Crippen LogP contribution in [0.15, 0.2) is 35.4 Å². The number of hydrogen-bond donors (Lipinski definition) is 1. The predicted molar refractivity (Wildman–Crippen MR) is 138 cm³/mol. The average Bonchev–Trinajstić information content (AvgIpc) is 3.25. The van der Waals surface area contributed by atoms with E-state index in [1.54, 1.807) is 0 Å². The minimum atomic E-state index is 0.778. The summed E-state index contributed by atoms with van der Waals surface area (Å²) in [4.78, 5) is 11.9. The third-order valence-electron chi connectivity index (χ3n) is 5.86. The van der Waals surface area contributed by atoms with Crippen molar-refractivity contribution in [2.75, 3.05) is 5.43 Å². The van der Waals surface area contributed by atoms with E-state index in [-0.39, 0.29) is 0 Å². The lowest BCUT2D eigenvalue weighted by molar-refractivity contribution is 0.700. The predicted octanol–water partition coefficient (Wildman–Crippen LogP) is 6.34. The van der Waals surface area contributed by atoms with Crippen LogP contribution < -0.4 is 5.43 Å². The van der Waals surface area contributed by atoms with Gasteiger partial charge in [0.05, 0.1) is 11.6 Å². The maximum atomic E-state index is 4.69. The smallest absolute Gasteiger partial charge is 0.158 e. The van der Waals surface area contributed by atoms with Gasteiger partial charge in [-0.1, -0.05) is 0 Å². The first-order chi connectivity index (χ1) is 15.0. The molecule has 0 radical (unpaired) electrons. The Morgan fingerprint density at radius 1 is 1.10 bits per heavy atom. The first-order valence-electron chi connectivity index (χ1n) is 10.5. The standard InChI is InChI=1S/C24H24IN5S/c1-14-12-17(15(2)30(14)19-10-8-18(25)9-11-19)13-26-29-23-22-20-6-4-5-7-21(20)31-24(22)28-16(3)27-23/h8-13H,4-7H2,1-3H3,(H,27,28,29)/b26-13-. The van der Waals surface area contributed by atoms with Crippen LogP contribution in [0.2, 0.25) is 0 Å². The van der Waals surface area contributed by atoms with Gasteiger partial charge in [-0.15, -0.1) is 11.3 Å². The monoisotopic (exact) mass is 541 g/mol. The summed E-state index contributed by atoms with van der Waals surface area (Å²) in [6, 6.07) is 10.7. The van der Waals surface area contributed by atoms with E-state index in [2.05, 4.69) is 91.8 Å². The molecule has 0 fully saturated rings. The molecular weight excluding hydrogens is 517 g/mol. The van der Waals surface area contributed by atoms with E-state index in [1.807, 2.05) is 24.5 Å². The average molecular weight is 541 g/mol. The fourth-order valence-corrected chi connectivity index (χ4v) is 6.08. The summed E-state index contributed by atoms with van der Waals surface area (Å²) in [7, 11) is 0. The molecule has 0 atom stereocenters. The first kappa shape index (κ1) is 20.6. The molecule has 0 bridgehead atoms. The van der Waals surface area contributed by atoms with Gasteiger partial charge in [-0.3, -0.25) is 5.43 Å². The number of nitrogens with one attached hydrogen (secondary N) is 1. The van der Waals surface area contributed by atoms with Crippen LogP contribution in [0.3, 0.4) is 0 Å². The highest BCUT2D eigenvalue weighted by molar-refractivity contribution is 14.1. The number of benzene rings is 1. The molecule has 7 heteroatoms. The van der Waals surface area contributed by atoms with E-state index in [1.165, 1.54) is 43.9 Å². The van der Waals surface area contributed by atoms with E-state index in [9.17, 15) is 0 Å². The highest BCUT2D eigenvalue weighted by atomic mass is 127. The molecule has 158 valence electrons. The SMILES string of the molecule is Cc1nc(N/N=C\c2cc(C)n(-c3ccc(I)cc3)c2C)c2c3c(sc2n1)CCCC3. The molecule has 3 aromatic heterocycles. The zero-order valence-corrected chi connectivity index (χ0v) is 20.8. The van der Waals surface area contributed by atoms with Gasteiger partial charge in [0.2, 0.25) is 0 Å². The molecule has 0 saturated carbocycles. The molecule has 1 aromatic carbocycles. The molecule has 0 saturated heterocycles. The number of aryl methyl sites for hydroxylation is 4. The molecule has 1 N–H and O–H groups in total. The lowest BCUT2D eigenvalue weighted by atomic mass is 9.97. The number of rotatable bonds is 4. The second-order valence-corrected chi connectivity index (χ2v) is 10.3. The Morgan fingerprint density at radius 2 is 1.87 bits per heavy atom. The summed E-state index contributed by atoms with van der Waals surface area (Å²) in [6.07, 6.45) is 6.66. The van der Waals surface area contributed by atoms with Crippen LogP contribution in [-0.2, 0) is 12.8 Å². The van der Waals surface area contributed by atoms with Crippen LogP contribution in [-0.4, -0.2) is 20.7 Å². The Morgan fingerprint density at radius 3 is 2.68 bits per heavy atom. The molecule has 5 nitrogen and oxygen atoms in total. The maximum Gasteiger partial charge on any atom is 0.158 e. The zero-order chi connectivity index (χ0) is 21.5. The molecule has 0 aliphatic heterocycles. The number of halogens is 1. The Balaban J connectivity index is 1.46. The van der Waals surface area contributed by atoms with Gasteiger partial charge in [-0.25, -0.2) is 9.97 Å². The van der Waals surface area contributed by atoms with Gasteiger partial charge in [0.1, 0.15) is 10.7 Å². The third-order valence-corrected chi connectivity index (χ3v) is 7.76. The van der Waals surface area contributed by atoms with Crippen molar-refractivity contribution in [1.82, 2.24) is 14.5 Å². The van der Waals surface area contributed by atoms with Gasteiger partial charge in [-0.05, 0) is 105 Å². The number of hydrazone groups is 1. The maximum absolute atomic E-state index is 4.69. The van der Waals surface area contributed by atoms with Gasteiger partial charge in [-0.2, -0.15) is 5.10 Å². The highest BCUT2D eigenvalue weighted by Gasteiger charge is 2.20. The fourth-order valence-electron chi connectivity index (χ4n) is 4.41. The Labute approximate surface area is 199 Å². The molecule has 0 unspecified atom stereocenters. The van der Waals surface area contributed by atoms with E-state index in [0.29, 0.717) is 0 Å². The molecule has 1 aliphatic carbocycles. The third kappa shape index (κ3) is 3.89. The van der Waals surface area contributed by atoms with Crippen molar-refractivity contribution < 1.29 is 0 Å². The van der Waals surface area contributed by atoms with Crippen LogP contribution in [0.5, 0.6) is 0 Å². The Kier molecular flexibility index (Phi) is 5.56. The van der Waals surface area contributed by atoms with Crippen LogP contribution in [0.25, 0.3) is 15.9 Å². The van der Waals surface area contributed by atoms with Crippen molar-refractivity contribution >= 4 is 56.2 Å². The van der Waals surface area contributed by atoms with Gasteiger partial charge in [0.25, 0.3) is 0 Å². The molecule has 3 heterocycles. The fraction of sp³-hybridized carbons (Fsp3) is 0.292. The number of hydrogen-bond acceptors (Lipinski definition) is 5. The molecular formula is C24H24IN5S. The second kappa shape index (κ2) is 8.35. The Bertz CT molecular complexity index is 1300. The summed E-state index contributed by atoms with van der Waals surface area (Å²) < 4.78 is 3.50. The topological polar surface area (TPSA) is 55.1 Å². The van der Waals surface area contributed by atoms with Crippen molar-refractivity contribution in [1.29, 1.82) is 0 Å². The van der Waals surface area contributed by atoms with Gasteiger partial charge in [0, 0.05) is 31.1 Å². The lowest BCUT2D eigenvalue weighted by Crippen LogP contribution is -2.02. The number of anilines is 1. The normalized spacial score (nSPS) is 13.8. The van der Waals surface area contributed by atoms with Gasteiger partial charge >= 0.3 is 0 Å². The molecule has 5 rings (SSSR count). The van der Waals surface area contributed by atoms with Gasteiger partial charge in [0.15, 0.2) is 5.82 Å². The summed E-state index contributed by atoms with van der Waals surface area (Å²) in [5.74, 6) is 1.60. The largest absolute Gasteiger partial charge is 0.318 e.